The van der Waals surface area contributed by atoms with Gasteiger partial charge in [-0.15, -0.1) is 11.3 Å². The number of hydrogen-bond donors (Lipinski definition) is 1. The number of benzene rings is 1. The number of rotatable bonds is 3. The number of morpholine rings is 1. The van der Waals surface area contributed by atoms with E-state index in [1.807, 2.05) is 12.3 Å². The van der Waals surface area contributed by atoms with E-state index in [4.69, 9.17) is 4.74 Å². The predicted molar refractivity (Wildman–Crippen MR) is 96.3 cm³/mol. The minimum absolute atomic E-state index is 0.151. The summed E-state index contributed by atoms with van der Waals surface area (Å²) in [6.07, 6.45) is 0.191. The third-order valence-corrected chi connectivity index (χ3v) is 5.22. The van der Waals surface area contributed by atoms with Crippen molar-refractivity contribution in [3.63, 3.8) is 0 Å². The lowest BCUT2D eigenvalue weighted by molar-refractivity contribution is -0.0219. The molecule has 0 bridgehead atoms. The summed E-state index contributed by atoms with van der Waals surface area (Å²) in [5.41, 5.74) is 1.46. The lowest BCUT2D eigenvalue weighted by Gasteiger charge is -2.30. The maximum absolute atomic E-state index is 13.1. The van der Waals surface area contributed by atoms with E-state index < -0.39 is 0 Å². The van der Waals surface area contributed by atoms with Gasteiger partial charge in [0.05, 0.1) is 24.6 Å². The molecule has 2 aromatic heterocycles. The number of H-pyrrole nitrogens is 1. The van der Waals surface area contributed by atoms with Gasteiger partial charge in [0, 0.05) is 24.0 Å². The van der Waals surface area contributed by atoms with Crippen molar-refractivity contribution in [2.24, 2.45) is 0 Å². The Morgan fingerprint density at radius 2 is 2.20 bits per heavy atom. The van der Waals surface area contributed by atoms with Gasteiger partial charge >= 0.3 is 0 Å². The molecule has 25 heavy (non-hydrogen) atoms. The van der Waals surface area contributed by atoms with Crippen molar-refractivity contribution in [3.05, 3.63) is 51.6 Å². The zero-order chi connectivity index (χ0) is 17.4. The van der Waals surface area contributed by atoms with Crippen LogP contribution >= 0.6 is 11.3 Å². The van der Waals surface area contributed by atoms with Crippen molar-refractivity contribution in [1.82, 2.24) is 14.9 Å². The first-order valence-corrected chi connectivity index (χ1v) is 9.08. The second kappa shape index (κ2) is 6.67. The summed E-state index contributed by atoms with van der Waals surface area (Å²) in [6.45, 7) is 4.99. The molecule has 5 nitrogen and oxygen atoms in total. The van der Waals surface area contributed by atoms with Gasteiger partial charge in [-0.25, -0.2) is 9.37 Å². The van der Waals surface area contributed by atoms with E-state index in [0.717, 1.165) is 24.2 Å². The number of ether oxygens (including phenoxy) is 1. The van der Waals surface area contributed by atoms with E-state index in [-0.39, 0.29) is 17.5 Å². The van der Waals surface area contributed by atoms with E-state index in [2.05, 4.69) is 14.9 Å². The Morgan fingerprint density at radius 3 is 2.96 bits per heavy atom. The molecule has 4 rings (SSSR count). The summed E-state index contributed by atoms with van der Waals surface area (Å²) in [7, 11) is 0. The van der Waals surface area contributed by atoms with E-state index in [9.17, 15) is 9.18 Å². The first kappa shape index (κ1) is 16.4. The average Bonchev–Trinajstić information content (AvgIpc) is 3.00. The third-order valence-electron chi connectivity index (χ3n) is 4.35. The van der Waals surface area contributed by atoms with Gasteiger partial charge in [-0.3, -0.25) is 9.69 Å². The molecule has 7 heteroatoms. The van der Waals surface area contributed by atoms with Crippen LogP contribution in [0, 0.1) is 5.82 Å². The monoisotopic (exact) mass is 359 g/mol. The van der Waals surface area contributed by atoms with Crippen LogP contribution in [-0.4, -0.2) is 40.7 Å². The van der Waals surface area contributed by atoms with E-state index in [1.165, 1.54) is 23.5 Å². The SMILES string of the molecule is C[C@@H]1CN(Cc2nc3scc(-c4ccc(F)cc4)c3c(=O)[nH]2)CCO1. The fraction of sp³-hybridized carbons (Fsp3) is 0.333. The Morgan fingerprint density at radius 1 is 1.40 bits per heavy atom. The van der Waals surface area contributed by atoms with Gasteiger partial charge in [0.1, 0.15) is 16.5 Å². The molecule has 0 spiro atoms. The van der Waals surface area contributed by atoms with E-state index in [1.54, 1.807) is 12.1 Å². The van der Waals surface area contributed by atoms with Gasteiger partial charge in [0.25, 0.3) is 5.56 Å². The Hall–Kier alpha value is -2.09. The molecule has 1 aliphatic rings. The molecule has 0 amide bonds. The lowest BCUT2D eigenvalue weighted by Crippen LogP contribution is -2.41. The molecule has 130 valence electrons. The van der Waals surface area contributed by atoms with Crippen molar-refractivity contribution in [2.75, 3.05) is 19.7 Å². The van der Waals surface area contributed by atoms with Crippen LogP contribution in [0.1, 0.15) is 12.7 Å². The summed E-state index contributed by atoms with van der Waals surface area (Å²) in [5, 5.41) is 2.47. The normalized spacial score (nSPS) is 18.7. The van der Waals surface area contributed by atoms with E-state index in [0.29, 0.717) is 29.2 Å². The number of hydrogen-bond acceptors (Lipinski definition) is 5. The standard InChI is InChI=1S/C18H18FN3O2S/c1-11-8-22(6-7-24-11)9-15-20-17(23)16-14(10-25-18(16)21-15)12-2-4-13(19)5-3-12/h2-5,10-11H,6-9H2,1H3,(H,20,21,23)/t11-/m1/s1. The molecular formula is C18H18FN3O2S. The average molecular weight is 359 g/mol. The van der Waals surface area contributed by atoms with Gasteiger partial charge in [-0.2, -0.15) is 0 Å². The molecule has 1 N–H and O–H groups in total. The van der Waals surface area contributed by atoms with Gasteiger partial charge in [0.15, 0.2) is 0 Å². The first-order chi connectivity index (χ1) is 12.1. The molecule has 1 saturated heterocycles. The highest BCUT2D eigenvalue weighted by atomic mass is 32.1. The quantitative estimate of drug-likeness (QED) is 0.781. The van der Waals surface area contributed by atoms with Crippen LogP contribution in [0.2, 0.25) is 0 Å². The fourth-order valence-corrected chi connectivity index (χ4v) is 4.12. The van der Waals surface area contributed by atoms with Crippen LogP contribution in [-0.2, 0) is 11.3 Å². The van der Waals surface area contributed by atoms with Crippen LogP contribution in [0.5, 0.6) is 0 Å². The van der Waals surface area contributed by atoms with Gasteiger partial charge in [0.2, 0.25) is 0 Å². The Kier molecular flexibility index (Phi) is 4.37. The van der Waals surface area contributed by atoms with Crippen molar-refractivity contribution < 1.29 is 9.13 Å². The second-order valence-electron chi connectivity index (χ2n) is 6.27. The zero-order valence-electron chi connectivity index (χ0n) is 13.8. The molecule has 0 aliphatic carbocycles. The Bertz CT molecular complexity index is 951. The number of halogens is 1. The number of nitrogens with zero attached hydrogens (tertiary/aromatic N) is 2. The van der Waals surface area contributed by atoms with Crippen LogP contribution in [0.15, 0.2) is 34.4 Å². The van der Waals surface area contributed by atoms with Crippen LogP contribution in [0.25, 0.3) is 21.3 Å². The summed E-state index contributed by atoms with van der Waals surface area (Å²) in [4.78, 5) is 23.1. The highest BCUT2D eigenvalue weighted by Gasteiger charge is 2.19. The largest absolute Gasteiger partial charge is 0.376 e. The number of thiophene rings is 1. The summed E-state index contributed by atoms with van der Waals surface area (Å²) < 4.78 is 18.7. The second-order valence-corrected chi connectivity index (χ2v) is 7.12. The van der Waals surface area contributed by atoms with Crippen molar-refractivity contribution in [3.8, 4) is 11.1 Å². The molecule has 1 atom stereocenters. The number of aromatic amines is 1. The molecule has 3 heterocycles. The molecule has 0 saturated carbocycles. The number of nitrogens with one attached hydrogen (secondary N) is 1. The number of fused-ring (bicyclic) bond motifs is 1. The summed E-state index contributed by atoms with van der Waals surface area (Å²) in [6, 6.07) is 6.15. The van der Waals surface area contributed by atoms with Crippen molar-refractivity contribution in [1.29, 1.82) is 0 Å². The molecule has 3 aromatic rings. The highest BCUT2D eigenvalue weighted by Crippen LogP contribution is 2.30. The van der Waals surface area contributed by atoms with Gasteiger partial charge in [-0.1, -0.05) is 12.1 Å². The molecule has 1 aromatic carbocycles. The minimum atomic E-state index is -0.294. The minimum Gasteiger partial charge on any atom is -0.376 e. The zero-order valence-corrected chi connectivity index (χ0v) is 14.6. The van der Waals surface area contributed by atoms with Gasteiger partial charge in [-0.05, 0) is 24.6 Å². The van der Waals surface area contributed by atoms with Crippen molar-refractivity contribution >= 4 is 21.6 Å². The third kappa shape index (κ3) is 3.35. The lowest BCUT2D eigenvalue weighted by atomic mass is 10.1. The van der Waals surface area contributed by atoms with Gasteiger partial charge < -0.3 is 9.72 Å². The van der Waals surface area contributed by atoms with Crippen molar-refractivity contribution in [2.45, 2.75) is 19.6 Å². The maximum Gasteiger partial charge on any atom is 0.260 e. The topological polar surface area (TPSA) is 58.2 Å². The van der Waals surface area contributed by atoms with Crippen LogP contribution in [0.3, 0.4) is 0 Å². The van der Waals surface area contributed by atoms with Crippen LogP contribution in [0.4, 0.5) is 4.39 Å². The number of aromatic nitrogens is 2. The van der Waals surface area contributed by atoms with Crippen LogP contribution < -0.4 is 5.56 Å². The fourth-order valence-electron chi connectivity index (χ4n) is 3.16. The summed E-state index contributed by atoms with van der Waals surface area (Å²) in [5.74, 6) is 0.372. The first-order valence-electron chi connectivity index (χ1n) is 8.20. The highest BCUT2D eigenvalue weighted by molar-refractivity contribution is 7.17. The summed E-state index contributed by atoms with van der Waals surface area (Å²) >= 11 is 1.44. The molecule has 1 fully saturated rings. The smallest absolute Gasteiger partial charge is 0.260 e. The molecule has 0 radical (unpaired) electrons. The molecular weight excluding hydrogens is 341 g/mol. The molecule has 1 aliphatic heterocycles. The molecule has 0 unspecified atom stereocenters. The Labute approximate surface area is 148 Å². The predicted octanol–water partition coefficient (Wildman–Crippen LogP) is 3.01. The maximum atomic E-state index is 13.1. The van der Waals surface area contributed by atoms with E-state index >= 15 is 0 Å². The Balaban J connectivity index is 1.67.